The molecule has 2 saturated heterocycles. The van der Waals surface area contributed by atoms with Crippen molar-refractivity contribution in [3.63, 3.8) is 0 Å². The number of alkyl carbamates (subject to hydrolysis) is 2. The van der Waals surface area contributed by atoms with Crippen molar-refractivity contribution in [2.45, 2.75) is 145 Å². The summed E-state index contributed by atoms with van der Waals surface area (Å²) in [7, 11) is -1.60. The Balaban J connectivity index is 0.907. The Morgan fingerprint density at radius 2 is 1.24 bits per heavy atom. The molecule has 17 heteroatoms. The van der Waals surface area contributed by atoms with Crippen molar-refractivity contribution in [1.82, 2.24) is 30.4 Å². The van der Waals surface area contributed by atoms with E-state index >= 15 is 0 Å². The van der Waals surface area contributed by atoms with E-state index in [0.717, 1.165) is 67.6 Å². The summed E-state index contributed by atoms with van der Waals surface area (Å²) in [5.74, 6) is 2.32. The number of carbonyl (C=O) groups excluding carboxylic acids is 4. The number of sulfonamides is 1. The molecule has 0 radical (unpaired) electrons. The zero-order valence-electron chi connectivity index (χ0n) is 42.2. The Morgan fingerprint density at radius 1 is 0.694 bits per heavy atom. The molecule has 3 aliphatic heterocycles. The van der Waals surface area contributed by atoms with Gasteiger partial charge in [-0.05, 0) is 156 Å². The van der Waals surface area contributed by atoms with E-state index in [1.807, 2.05) is 50.9 Å². The molecule has 72 heavy (non-hydrogen) atoms. The van der Waals surface area contributed by atoms with Crippen LogP contribution in [0.25, 0.3) is 33.5 Å². The topological polar surface area (TPSA) is 204 Å². The molecule has 9 atom stereocenters. The molecular weight excluding hydrogens is 933 g/mol. The molecule has 4 bridgehead atoms. The summed E-state index contributed by atoms with van der Waals surface area (Å²) in [5, 5.41) is 8.72. The second kappa shape index (κ2) is 18.4. The van der Waals surface area contributed by atoms with E-state index in [2.05, 4.69) is 56.5 Å². The van der Waals surface area contributed by atoms with Gasteiger partial charge in [-0.15, -0.1) is 4.40 Å². The van der Waals surface area contributed by atoms with Crippen molar-refractivity contribution < 1.29 is 37.1 Å². The molecule has 2 saturated carbocycles. The number of likely N-dealkylation sites (tertiary alicyclic amines) is 2. The average Bonchev–Trinajstić information content (AvgIpc) is 4.25. The lowest BCUT2D eigenvalue weighted by Crippen LogP contribution is -2.54. The number of hydrogen-bond acceptors (Lipinski definition) is 10. The maximum atomic E-state index is 14.2. The molecule has 380 valence electrons. The Labute approximate surface area is 421 Å². The number of aromatic amines is 1. The lowest BCUT2D eigenvalue weighted by molar-refractivity contribution is -0.135. The molecular formula is C55H66N8O8S. The van der Waals surface area contributed by atoms with Crippen LogP contribution in [0.4, 0.5) is 15.3 Å². The Bertz CT molecular complexity index is 3040. The van der Waals surface area contributed by atoms with Gasteiger partial charge in [0.2, 0.25) is 11.8 Å². The highest BCUT2D eigenvalue weighted by Crippen LogP contribution is 2.64. The van der Waals surface area contributed by atoms with Crippen LogP contribution in [-0.4, -0.2) is 103 Å². The molecule has 4 heterocycles. The van der Waals surface area contributed by atoms with Gasteiger partial charge in [-0.25, -0.2) is 14.6 Å². The first kappa shape index (κ1) is 48.1. The van der Waals surface area contributed by atoms with Gasteiger partial charge in [0.1, 0.15) is 28.6 Å². The summed E-state index contributed by atoms with van der Waals surface area (Å²) in [6, 6.07) is 12.3. The van der Waals surface area contributed by atoms with Crippen LogP contribution in [0.2, 0.25) is 0 Å². The second-order valence-electron chi connectivity index (χ2n) is 21.9. The number of rotatable bonds is 11. The summed E-state index contributed by atoms with van der Waals surface area (Å²) >= 11 is 0. The van der Waals surface area contributed by atoms with Crippen molar-refractivity contribution in [1.29, 1.82) is 0 Å². The molecule has 4 aliphatic carbocycles. The predicted octanol–water partition coefficient (Wildman–Crippen LogP) is 9.31. The SMILES string of the molecule is COC(=O)N[C@H](C(=O)N1CCC[C@H]1C1=NS(=O)(=O)c2cc(-c3ccc(-c4ccc(-c5cnc([C@@H]6CCCN6C(=O)[C@@H](NC(=O)OC)C(C)C)[nH]5)c5c4C4CCC5C4C)c4c3C3CCC4C3)ccc2N1)C(C)C. The van der Waals surface area contributed by atoms with E-state index in [1.54, 1.807) is 11.0 Å². The van der Waals surface area contributed by atoms with Crippen LogP contribution >= 0.6 is 0 Å². The van der Waals surface area contributed by atoms with E-state index in [4.69, 9.17) is 14.5 Å². The highest BCUT2D eigenvalue weighted by Gasteiger charge is 2.48. The Morgan fingerprint density at radius 3 is 1.85 bits per heavy atom. The zero-order chi connectivity index (χ0) is 50.5. The van der Waals surface area contributed by atoms with Gasteiger partial charge in [0, 0.05) is 18.7 Å². The van der Waals surface area contributed by atoms with Crippen LogP contribution in [0.3, 0.4) is 0 Å². The monoisotopic (exact) mass is 998 g/mol. The van der Waals surface area contributed by atoms with Crippen molar-refractivity contribution in [3.05, 3.63) is 76.7 Å². The number of nitrogens with zero attached hydrogens (tertiary/aromatic N) is 4. The number of nitrogens with one attached hydrogen (secondary N) is 4. The van der Waals surface area contributed by atoms with E-state index in [9.17, 15) is 27.6 Å². The minimum absolute atomic E-state index is 0.107. The standard InChI is InChI=1S/C55H66N8O8S/c1-27(2)48(59-54(66)70-6)52(64)62-22-8-10-41(62)50-56-26-40(58-50)38-20-19-37(46-33-15-16-34(29(33)5)47(38)46)36-18-17-35(44-31-12-13-32(24-31)45(36)44)30-14-21-39-43(25-30)72(68,69)61-51(57-39)42-11-9-23-63(42)53(65)49(28(3)4)60-55(67)71-7/h14,17-21,25-29,31-34,41-42,48-49H,8-13,15-16,22-24H2,1-7H3,(H,56,58)(H,57,61)(H,59,66)(H,60,67)/t29?,31?,32?,33?,34?,41-,42-,48-,49-/m0/s1. The molecule has 1 aromatic heterocycles. The van der Waals surface area contributed by atoms with Gasteiger partial charge >= 0.3 is 12.2 Å². The van der Waals surface area contributed by atoms with Crippen molar-refractivity contribution >= 4 is 45.5 Å². The molecule has 4 aromatic rings. The fraction of sp³-hybridized carbons (Fsp3) is 0.527. The number of hydrogen-bond donors (Lipinski definition) is 4. The number of carbonyl (C=O) groups is 4. The fourth-order valence-corrected chi connectivity index (χ4v) is 15.1. The summed E-state index contributed by atoms with van der Waals surface area (Å²) in [4.78, 5) is 64.4. The molecule has 4 fully saturated rings. The first-order valence-electron chi connectivity index (χ1n) is 26.0. The number of anilines is 1. The van der Waals surface area contributed by atoms with E-state index < -0.39 is 40.3 Å². The first-order chi connectivity index (χ1) is 34.6. The maximum absolute atomic E-state index is 14.2. The molecule has 7 aliphatic rings. The van der Waals surface area contributed by atoms with Crippen LogP contribution in [0, 0.1) is 17.8 Å². The fourth-order valence-electron chi connectivity index (χ4n) is 13.9. The summed E-state index contributed by atoms with van der Waals surface area (Å²) in [6.45, 7) is 10.9. The van der Waals surface area contributed by atoms with Gasteiger partial charge in [-0.1, -0.05) is 65.0 Å². The normalized spacial score (nSPS) is 26.0. The Hall–Kier alpha value is -6.23. The van der Waals surface area contributed by atoms with Gasteiger partial charge in [-0.3, -0.25) is 9.59 Å². The van der Waals surface area contributed by atoms with Crippen molar-refractivity contribution in [2.75, 3.05) is 32.6 Å². The number of aromatic nitrogens is 2. The van der Waals surface area contributed by atoms with Gasteiger partial charge in [-0.2, -0.15) is 8.42 Å². The van der Waals surface area contributed by atoms with Gasteiger partial charge in [0.15, 0.2) is 0 Å². The summed E-state index contributed by atoms with van der Waals surface area (Å²) in [5.41, 5.74) is 12.6. The minimum Gasteiger partial charge on any atom is -0.453 e. The largest absolute Gasteiger partial charge is 0.453 e. The van der Waals surface area contributed by atoms with Crippen LogP contribution < -0.4 is 16.0 Å². The maximum Gasteiger partial charge on any atom is 0.407 e. The third-order valence-electron chi connectivity index (χ3n) is 17.3. The third-order valence-corrected chi connectivity index (χ3v) is 18.7. The van der Waals surface area contributed by atoms with Crippen LogP contribution in [0.5, 0.6) is 0 Å². The minimum atomic E-state index is -4.15. The van der Waals surface area contributed by atoms with E-state index in [0.29, 0.717) is 61.2 Å². The molecule has 4 amide bonds. The number of amidine groups is 1. The molecule has 0 spiro atoms. The predicted molar refractivity (Wildman–Crippen MR) is 273 cm³/mol. The number of methoxy groups -OCH3 is 2. The number of ether oxygens (including phenoxy) is 2. The number of imidazole rings is 1. The highest BCUT2D eigenvalue weighted by molar-refractivity contribution is 7.90. The molecule has 5 unspecified atom stereocenters. The van der Waals surface area contributed by atoms with Crippen LogP contribution in [-0.2, 0) is 29.1 Å². The summed E-state index contributed by atoms with van der Waals surface area (Å²) in [6.07, 6.45) is 9.01. The number of H-pyrrole nitrogens is 1. The molecule has 16 nitrogen and oxygen atoms in total. The number of amides is 4. The van der Waals surface area contributed by atoms with Gasteiger partial charge in [0.05, 0.1) is 43.9 Å². The van der Waals surface area contributed by atoms with Gasteiger partial charge < -0.3 is 40.2 Å². The molecule has 11 rings (SSSR count). The van der Waals surface area contributed by atoms with E-state index in [-0.39, 0.29) is 40.4 Å². The first-order valence-corrected chi connectivity index (χ1v) is 27.5. The lowest BCUT2D eigenvalue weighted by atomic mass is 9.77. The molecule has 3 aromatic carbocycles. The zero-order valence-corrected chi connectivity index (χ0v) is 43.0. The van der Waals surface area contributed by atoms with Crippen LogP contribution in [0.15, 0.2) is 58.0 Å². The summed E-state index contributed by atoms with van der Waals surface area (Å²) < 4.78 is 42.4. The Kier molecular flexibility index (Phi) is 12.3. The van der Waals surface area contributed by atoms with Crippen molar-refractivity contribution in [2.24, 2.45) is 22.2 Å². The highest BCUT2D eigenvalue weighted by atomic mass is 32.2. The number of benzene rings is 3. The average molecular weight is 999 g/mol. The quantitative estimate of drug-likeness (QED) is 0.112. The van der Waals surface area contributed by atoms with Gasteiger partial charge in [0.25, 0.3) is 10.0 Å². The lowest BCUT2D eigenvalue weighted by Gasteiger charge is -2.32. The van der Waals surface area contributed by atoms with Crippen molar-refractivity contribution in [3.8, 4) is 33.5 Å². The second-order valence-corrected chi connectivity index (χ2v) is 23.5. The number of fused-ring (bicyclic) bond motifs is 11. The smallest absolute Gasteiger partial charge is 0.407 e. The molecule has 4 N–H and O–H groups in total. The third kappa shape index (κ3) is 7.86. The van der Waals surface area contributed by atoms with E-state index in [1.165, 1.54) is 53.2 Å². The van der Waals surface area contributed by atoms with Crippen LogP contribution in [0.1, 0.15) is 150 Å².